The fourth-order valence-electron chi connectivity index (χ4n) is 3.58. The Balaban J connectivity index is 1.50. The number of nitrogens with one attached hydrogen (secondary N) is 1. The summed E-state index contributed by atoms with van der Waals surface area (Å²) in [6.07, 6.45) is 0.492. The molecule has 1 aliphatic heterocycles. The van der Waals surface area contributed by atoms with E-state index in [2.05, 4.69) is 4.72 Å². The van der Waals surface area contributed by atoms with Crippen molar-refractivity contribution in [3.63, 3.8) is 0 Å². The van der Waals surface area contributed by atoms with Crippen molar-refractivity contribution < 1.29 is 30.8 Å². The molecule has 0 bridgehead atoms. The number of likely N-dealkylation sites (tertiary alicyclic amines) is 1. The van der Waals surface area contributed by atoms with Crippen LogP contribution in [0.4, 0.5) is 17.6 Å². The van der Waals surface area contributed by atoms with Gasteiger partial charge in [-0.05, 0) is 55.2 Å². The molecule has 1 unspecified atom stereocenters. The van der Waals surface area contributed by atoms with Crippen LogP contribution in [0.25, 0.3) is 0 Å². The molecule has 0 aromatic heterocycles. The molecular weight excluding hydrogens is 450 g/mol. The molecule has 3 rings (SSSR count). The second-order valence-electron chi connectivity index (χ2n) is 7.76. The van der Waals surface area contributed by atoms with E-state index in [-0.39, 0.29) is 35.2 Å². The number of benzene rings is 2. The van der Waals surface area contributed by atoms with E-state index in [1.165, 1.54) is 17.0 Å². The van der Waals surface area contributed by atoms with Gasteiger partial charge in [0, 0.05) is 37.7 Å². The number of rotatable bonds is 7. The molecule has 6 nitrogen and oxygen atoms in total. The van der Waals surface area contributed by atoms with E-state index in [9.17, 15) is 30.8 Å². The molecule has 11 heteroatoms. The largest absolute Gasteiger partial charge is 0.343 e. The lowest BCUT2D eigenvalue weighted by Gasteiger charge is -2.33. The van der Waals surface area contributed by atoms with Gasteiger partial charge in [-0.3, -0.25) is 4.79 Å². The van der Waals surface area contributed by atoms with Crippen LogP contribution in [0.15, 0.2) is 41.3 Å². The Morgan fingerprint density at radius 2 is 1.62 bits per heavy atom. The Kier molecular flexibility index (Phi) is 7.52. The van der Waals surface area contributed by atoms with Crippen molar-refractivity contribution in [3.05, 3.63) is 65.2 Å². The topological polar surface area (TPSA) is 92.5 Å². The molecule has 3 N–H and O–H groups in total. The Bertz CT molecular complexity index is 1070. The summed E-state index contributed by atoms with van der Waals surface area (Å²) < 4.78 is 80.5. The Morgan fingerprint density at radius 3 is 2.25 bits per heavy atom. The van der Waals surface area contributed by atoms with E-state index in [0.717, 1.165) is 18.2 Å². The third kappa shape index (κ3) is 6.05. The van der Waals surface area contributed by atoms with E-state index in [1.807, 2.05) is 0 Å². The predicted molar refractivity (Wildman–Crippen MR) is 109 cm³/mol. The zero-order valence-electron chi connectivity index (χ0n) is 17.0. The average molecular weight is 473 g/mol. The first-order valence-electron chi connectivity index (χ1n) is 10.00. The zero-order valence-corrected chi connectivity index (χ0v) is 17.8. The number of nitrogens with two attached hydrogens (primary N) is 1. The summed E-state index contributed by atoms with van der Waals surface area (Å²) in [7, 11) is -3.81. The molecule has 1 amide bonds. The minimum Gasteiger partial charge on any atom is -0.343 e. The Morgan fingerprint density at radius 1 is 1.03 bits per heavy atom. The first kappa shape index (κ1) is 24.1. The summed E-state index contributed by atoms with van der Waals surface area (Å²) in [6, 6.07) is 4.46. The molecule has 2 aromatic rings. The molecule has 1 heterocycles. The number of hydrogen-bond donors (Lipinski definition) is 2. The number of amides is 1. The first-order valence-corrected chi connectivity index (χ1v) is 11.5. The summed E-state index contributed by atoms with van der Waals surface area (Å²) in [5, 5.41) is 0. The number of nitrogens with zero attached hydrogens (tertiary/aromatic N) is 1. The molecule has 1 fully saturated rings. The van der Waals surface area contributed by atoms with E-state index in [1.54, 1.807) is 0 Å². The molecule has 0 radical (unpaired) electrons. The third-order valence-electron chi connectivity index (χ3n) is 5.30. The quantitative estimate of drug-likeness (QED) is 0.477. The molecule has 2 aromatic carbocycles. The SMILES string of the molecule is NC(CC(=O)N1CCC(NS(=O)(=O)c2ccc(F)cc2)CC1)Cc1cc(F)c(F)cc1F. The van der Waals surface area contributed by atoms with Crippen LogP contribution in [0.5, 0.6) is 0 Å². The molecule has 1 saturated heterocycles. The van der Waals surface area contributed by atoms with E-state index < -0.39 is 39.3 Å². The number of carbonyl (C=O) groups is 1. The van der Waals surface area contributed by atoms with Crippen LogP contribution in [0, 0.1) is 23.3 Å². The summed E-state index contributed by atoms with van der Waals surface area (Å²) in [5.41, 5.74) is 5.79. The summed E-state index contributed by atoms with van der Waals surface area (Å²) in [5.74, 6) is -4.25. The van der Waals surface area contributed by atoms with Crippen LogP contribution in [0.3, 0.4) is 0 Å². The lowest BCUT2D eigenvalue weighted by molar-refractivity contribution is -0.132. The van der Waals surface area contributed by atoms with Crippen LogP contribution in [0.2, 0.25) is 0 Å². The molecule has 1 aliphatic rings. The van der Waals surface area contributed by atoms with Crippen LogP contribution in [0.1, 0.15) is 24.8 Å². The first-order chi connectivity index (χ1) is 15.0. The van der Waals surface area contributed by atoms with Crippen molar-refractivity contribution in [1.29, 1.82) is 0 Å². The highest BCUT2D eigenvalue weighted by atomic mass is 32.2. The van der Waals surface area contributed by atoms with Gasteiger partial charge in [0.2, 0.25) is 15.9 Å². The van der Waals surface area contributed by atoms with E-state index in [0.29, 0.717) is 32.0 Å². The molecule has 32 heavy (non-hydrogen) atoms. The van der Waals surface area contributed by atoms with Gasteiger partial charge < -0.3 is 10.6 Å². The molecule has 0 saturated carbocycles. The second-order valence-corrected chi connectivity index (χ2v) is 9.47. The highest BCUT2D eigenvalue weighted by Gasteiger charge is 2.27. The molecule has 174 valence electrons. The van der Waals surface area contributed by atoms with Crippen molar-refractivity contribution in [2.24, 2.45) is 5.73 Å². The molecular formula is C21H23F4N3O3S. The van der Waals surface area contributed by atoms with Crippen LogP contribution < -0.4 is 10.5 Å². The smallest absolute Gasteiger partial charge is 0.240 e. The standard InChI is InChI=1S/C21H23F4N3O3S/c22-14-1-3-17(4-2-14)32(30,31)27-16-5-7-28(8-6-16)21(29)11-15(26)9-13-10-19(24)20(25)12-18(13)23/h1-4,10,12,15-16,27H,5-9,11,26H2. The Labute approximate surface area is 183 Å². The fraction of sp³-hybridized carbons (Fsp3) is 0.381. The minimum atomic E-state index is -3.81. The van der Waals surface area contributed by atoms with Crippen molar-refractivity contribution in [3.8, 4) is 0 Å². The zero-order chi connectivity index (χ0) is 23.5. The predicted octanol–water partition coefficient (Wildman–Crippen LogP) is 2.47. The number of halogens is 4. The van der Waals surface area contributed by atoms with Gasteiger partial charge >= 0.3 is 0 Å². The van der Waals surface area contributed by atoms with Gasteiger partial charge in [-0.15, -0.1) is 0 Å². The van der Waals surface area contributed by atoms with Gasteiger partial charge in [0.15, 0.2) is 11.6 Å². The maximum absolute atomic E-state index is 13.8. The van der Waals surface area contributed by atoms with Crippen LogP contribution in [-0.4, -0.2) is 44.4 Å². The van der Waals surface area contributed by atoms with E-state index in [4.69, 9.17) is 5.73 Å². The normalized spacial score (nSPS) is 16.2. The van der Waals surface area contributed by atoms with Gasteiger partial charge in [-0.1, -0.05) is 0 Å². The summed E-state index contributed by atoms with van der Waals surface area (Å²) in [6.45, 7) is 0.587. The lowest BCUT2D eigenvalue weighted by Crippen LogP contribution is -2.47. The van der Waals surface area contributed by atoms with Crippen molar-refractivity contribution in [1.82, 2.24) is 9.62 Å². The van der Waals surface area contributed by atoms with Crippen LogP contribution in [-0.2, 0) is 21.2 Å². The minimum absolute atomic E-state index is 0.0483. The second kappa shape index (κ2) is 9.97. The highest BCUT2D eigenvalue weighted by molar-refractivity contribution is 7.89. The Hall–Kier alpha value is -2.50. The van der Waals surface area contributed by atoms with Gasteiger partial charge in [-0.2, -0.15) is 0 Å². The van der Waals surface area contributed by atoms with Crippen molar-refractivity contribution in [2.75, 3.05) is 13.1 Å². The number of hydrogen-bond acceptors (Lipinski definition) is 4. The molecule has 1 atom stereocenters. The lowest BCUT2D eigenvalue weighted by atomic mass is 10.0. The fourth-order valence-corrected chi connectivity index (χ4v) is 4.88. The monoisotopic (exact) mass is 473 g/mol. The van der Waals surface area contributed by atoms with Gasteiger partial charge in [0.25, 0.3) is 0 Å². The summed E-state index contributed by atoms with van der Waals surface area (Å²) in [4.78, 5) is 14.0. The number of carbonyl (C=O) groups excluding carboxylic acids is 1. The van der Waals surface area contributed by atoms with Crippen molar-refractivity contribution >= 4 is 15.9 Å². The maximum atomic E-state index is 13.8. The molecule has 0 aliphatic carbocycles. The summed E-state index contributed by atoms with van der Waals surface area (Å²) >= 11 is 0. The highest BCUT2D eigenvalue weighted by Crippen LogP contribution is 2.18. The van der Waals surface area contributed by atoms with Gasteiger partial charge in [-0.25, -0.2) is 30.7 Å². The number of piperidine rings is 1. The van der Waals surface area contributed by atoms with Gasteiger partial charge in [0.1, 0.15) is 11.6 Å². The van der Waals surface area contributed by atoms with E-state index >= 15 is 0 Å². The average Bonchev–Trinajstić information content (AvgIpc) is 2.72. The molecule has 0 spiro atoms. The number of sulfonamides is 1. The van der Waals surface area contributed by atoms with Crippen molar-refractivity contribution in [2.45, 2.75) is 42.7 Å². The third-order valence-corrected chi connectivity index (χ3v) is 6.84. The van der Waals surface area contributed by atoms with Gasteiger partial charge in [0.05, 0.1) is 4.90 Å². The maximum Gasteiger partial charge on any atom is 0.240 e. The van der Waals surface area contributed by atoms with Crippen LogP contribution >= 0.6 is 0 Å².